The van der Waals surface area contributed by atoms with Gasteiger partial charge in [-0.05, 0) is 24.3 Å². The highest BCUT2D eigenvalue weighted by molar-refractivity contribution is 5.61. The third-order valence-corrected chi connectivity index (χ3v) is 2.46. The molecule has 0 atom stereocenters. The molecule has 0 saturated carbocycles. The van der Waals surface area contributed by atoms with Gasteiger partial charge >= 0.3 is 0 Å². The second-order valence-corrected chi connectivity index (χ2v) is 3.45. The van der Waals surface area contributed by atoms with Crippen LogP contribution in [0.25, 0.3) is 16.9 Å². The highest BCUT2D eigenvalue weighted by atomic mass is 19.1. The summed E-state index contributed by atoms with van der Waals surface area (Å²) in [4.78, 5) is 8.26. The molecular formula is C12H8FN3. The van der Waals surface area contributed by atoms with Crippen LogP contribution in [0.2, 0.25) is 0 Å². The Hall–Kier alpha value is -2.23. The van der Waals surface area contributed by atoms with Crippen molar-refractivity contribution in [1.82, 2.24) is 14.4 Å². The number of imidazole rings is 1. The molecule has 16 heavy (non-hydrogen) atoms. The van der Waals surface area contributed by atoms with Gasteiger partial charge in [0.05, 0.1) is 18.1 Å². The average molecular weight is 213 g/mol. The first-order valence-electron chi connectivity index (χ1n) is 4.87. The van der Waals surface area contributed by atoms with Crippen molar-refractivity contribution in [3.63, 3.8) is 0 Å². The topological polar surface area (TPSA) is 30.2 Å². The third kappa shape index (κ3) is 1.35. The molecule has 1 aromatic carbocycles. The van der Waals surface area contributed by atoms with Crippen LogP contribution < -0.4 is 0 Å². The summed E-state index contributed by atoms with van der Waals surface area (Å²) in [7, 11) is 0. The fourth-order valence-corrected chi connectivity index (χ4v) is 1.69. The Morgan fingerprint density at radius 2 is 1.88 bits per heavy atom. The van der Waals surface area contributed by atoms with Crippen molar-refractivity contribution >= 4 is 5.65 Å². The average Bonchev–Trinajstić information content (AvgIpc) is 2.78. The smallest absolute Gasteiger partial charge is 0.155 e. The largest absolute Gasteiger partial charge is 0.297 e. The lowest BCUT2D eigenvalue weighted by Gasteiger charge is -2.04. The molecule has 4 heteroatoms. The number of rotatable bonds is 1. The van der Waals surface area contributed by atoms with Crippen LogP contribution in [-0.2, 0) is 0 Å². The predicted octanol–water partition coefficient (Wildman–Crippen LogP) is 2.54. The summed E-state index contributed by atoms with van der Waals surface area (Å²) in [6, 6.07) is 6.33. The van der Waals surface area contributed by atoms with Gasteiger partial charge in [-0.1, -0.05) is 0 Å². The van der Waals surface area contributed by atoms with Gasteiger partial charge in [-0.15, -0.1) is 0 Å². The standard InChI is InChI=1S/C12H8FN3/c13-10-3-1-9(2-4-10)11-7-14-8-12-15-5-6-16(11)12/h1-8H. The van der Waals surface area contributed by atoms with Gasteiger partial charge in [0.2, 0.25) is 0 Å². The molecule has 0 aliphatic rings. The lowest BCUT2D eigenvalue weighted by Crippen LogP contribution is -1.92. The zero-order chi connectivity index (χ0) is 11.0. The molecule has 0 amide bonds. The Labute approximate surface area is 91.2 Å². The summed E-state index contributed by atoms with van der Waals surface area (Å²) in [5.74, 6) is -0.241. The molecule has 0 radical (unpaired) electrons. The lowest BCUT2D eigenvalue weighted by molar-refractivity contribution is 0.628. The van der Waals surface area contributed by atoms with E-state index in [1.807, 2.05) is 10.6 Å². The Morgan fingerprint density at radius 3 is 2.69 bits per heavy atom. The van der Waals surface area contributed by atoms with E-state index < -0.39 is 0 Å². The fraction of sp³-hybridized carbons (Fsp3) is 0. The second-order valence-electron chi connectivity index (χ2n) is 3.45. The molecule has 0 fully saturated rings. The molecule has 0 saturated heterocycles. The number of aromatic nitrogens is 3. The lowest BCUT2D eigenvalue weighted by atomic mass is 10.1. The number of hydrogen-bond donors (Lipinski definition) is 0. The van der Waals surface area contributed by atoms with E-state index in [9.17, 15) is 4.39 Å². The van der Waals surface area contributed by atoms with Crippen LogP contribution in [0.3, 0.4) is 0 Å². The molecule has 0 aliphatic heterocycles. The van der Waals surface area contributed by atoms with E-state index in [4.69, 9.17) is 0 Å². The van der Waals surface area contributed by atoms with Crippen LogP contribution in [-0.4, -0.2) is 14.4 Å². The molecule has 2 aromatic heterocycles. The highest BCUT2D eigenvalue weighted by Crippen LogP contribution is 2.19. The summed E-state index contributed by atoms with van der Waals surface area (Å²) < 4.78 is 14.7. The van der Waals surface area contributed by atoms with Crippen LogP contribution in [0.15, 0.2) is 49.1 Å². The third-order valence-electron chi connectivity index (χ3n) is 2.46. The Bertz CT molecular complexity index is 628. The highest BCUT2D eigenvalue weighted by Gasteiger charge is 2.03. The van der Waals surface area contributed by atoms with Gasteiger partial charge in [0.15, 0.2) is 5.65 Å². The quantitative estimate of drug-likeness (QED) is 0.621. The maximum atomic E-state index is 12.8. The number of fused-ring (bicyclic) bond motifs is 1. The zero-order valence-corrected chi connectivity index (χ0v) is 8.34. The van der Waals surface area contributed by atoms with E-state index in [0.29, 0.717) is 0 Å². The van der Waals surface area contributed by atoms with Gasteiger partial charge in [-0.3, -0.25) is 9.38 Å². The van der Waals surface area contributed by atoms with Crippen LogP contribution in [0, 0.1) is 5.82 Å². The molecule has 0 spiro atoms. The molecule has 3 aromatic rings. The van der Waals surface area contributed by atoms with Gasteiger partial charge in [0.1, 0.15) is 5.82 Å². The minimum atomic E-state index is -0.241. The summed E-state index contributed by atoms with van der Waals surface area (Å²) in [5.41, 5.74) is 2.59. The summed E-state index contributed by atoms with van der Waals surface area (Å²) >= 11 is 0. The maximum Gasteiger partial charge on any atom is 0.155 e. The molecule has 3 nitrogen and oxygen atoms in total. The van der Waals surface area contributed by atoms with Crippen LogP contribution in [0.4, 0.5) is 4.39 Å². The molecule has 0 bridgehead atoms. The van der Waals surface area contributed by atoms with Gasteiger partial charge in [-0.2, -0.15) is 0 Å². The monoisotopic (exact) mass is 213 g/mol. The van der Waals surface area contributed by atoms with Crippen molar-refractivity contribution in [2.75, 3.05) is 0 Å². The minimum absolute atomic E-state index is 0.241. The SMILES string of the molecule is Fc1ccc(-c2cncc3nccn23)cc1. The molecule has 0 aliphatic carbocycles. The van der Waals surface area contributed by atoms with E-state index >= 15 is 0 Å². The van der Waals surface area contributed by atoms with Crippen molar-refractivity contribution in [1.29, 1.82) is 0 Å². The molecular weight excluding hydrogens is 205 g/mol. The first-order valence-corrected chi connectivity index (χ1v) is 4.87. The van der Waals surface area contributed by atoms with E-state index in [1.54, 1.807) is 30.7 Å². The fourth-order valence-electron chi connectivity index (χ4n) is 1.69. The summed E-state index contributed by atoms with van der Waals surface area (Å²) in [6.07, 6.45) is 6.99. The van der Waals surface area contributed by atoms with Crippen molar-refractivity contribution in [3.8, 4) is 11.3 Å². The van der Waals surface area contributed by atoms with E-state index in [1.165, 1.54) is 12.1 Å². The van der Waals surface area contributed by atoms with Crippen LogP contribution in [0.5, 0.6) is 0 Å². The van der Waals surface area contributed by atoms with Gasteiger partial charge in [-0.25, -0.2) is 9.37 Å². The normalized spacial score (nSPS) is 10.8. The van der Waals surface area contributed by atoms with E-state index in [2.05, 4.69) is 9.97 Å². The van der Waals surface area contributed by atoms with Crippen molar-refractivity contribution in [3.05, 3.63) is 54.9 Å². The number of halogens is 1. The van der Waals surface area contributed by atoms with Crippen LogP contribution >= 0.6 is 0 Å². The van der Waals surface area contributed by atoms with Crippen molar-refractivity contribution in [2.24, 2.45) is 0 Å². The van der Waals surface area contributed by atoms with Crippen LogP contribution in [0.1, 0.15) is 0 Å². The number of benzene rings is 1. The maximum absolute atomic E-state index is 12.8. The molecule has 78 valence electrons. The zero-order valence-electron chi connectivity index (χ0n) is 8.34. The van der Waals surface area contributed by atoms with E-state index in [-0.39, 0.29) is 5.82 Å². The van der Waals surface area contributed by atoms with Crippen molar-refractivity contribution in [2.45, 2.75) is 0 Å². The van der Waals surface area contributed by atoms with Gasteiger partial charge in [0.25, 0.3) is 0 Å². The minimum Gasteiger partial charge on any atom is -0.297 e. The molecule has 2 heterocycles. The Morgan fingerprint density at radius 1 is 1.06 bits per heavy atom. The summed E-state index contributed by atoms with van der Waals surface area (Å²) in [5, 5.41) is 0. The Balaban J connectivity index is 2.25. The first kappa shape index (κ1) is 9.03. The van der Waals surface area contributed by atoms with Gasteiger partial charge < -0.3 is 0 Å². The number of nitrogens with zero attached hydrogens (tertiary/aromatic N) is 3. The molecule has 3 rings (SSSR count). The van der Waals surface area contributed by atoms with Crippen molar-refractivity contribution < 1.29 is 4.39 Å². The Kier molecular flexibility index (Phi) is 1.93. The predicted molar refractivity (Wildman–Crippen MR) is 58.4 cm³/mol. The molecule has 0 N–H and O–H groups in total. The van der Waals surface area contributed by atoms with Gasteiger partial charge in [0, 0.05) is 18.0 Å². The van der Waals surface area contributed by atoms with E-state index in [0.717, 1.165) is 16.9 Å². The second kappa shape index (κ2) is 3.41. The molecule has 0 unspecified atom stereocenters. The summed E-state index contributed by atoms with van der Waals surface area (Å²) in [6.45, 7) is 0. The number of hydrogen-bond acceptors (Lipinski definition) is 2. The first-order chi connectivity index (χ1) is 7.84.